The molecule has 0 bridgehead atoms. The zero-order valence-electron chi connectivity index (χ0n) is 12.0. The van der Waals surface area contributed by atoms with E-state index in [2.05, 4.69) is 17.2 Å². The maximum absolute atomic E-state index is 12.5. The molecule has 2 rings (SSSR count). The lowest BCUT2D eigenvalue weighted by Crippen LogP contribution is -2.40. The average Bonchev–Trinajstić information content (AvgIpc) is 2.52. The van der Waals surface area contributed by atoms with E-state index in [4.69, 9.17) is 0 Å². The van der Waals surface area contributed by atoms with Gasteiger partial charge in [0.2, 0.25) is 0 Å². The van der Waals surface area contributed by atoms with Crippen LogP contribution in [0.4, 0.5) is 5.82 Å². The van der Waals surface area contributed by atoms with Crippen LogP contribution in [0.25, 0.3) is 0 Å². The molecule has 1 fully saturated rings. The van der Waals surface area contributed by atoms with Crippen LogP contribution >= 0.6 is 0 Å². The molecule has 0 spiro atoms. The van der Waals surface area contributed by atoms with Crippen molar-refractivity contribution in [2.24, 2.45) is 5.92 Å². The summed E-state index contributed by atoms with van der Waals surface area (Å²) in [6.45, 7) is 4.51. The number of likely N-dealkylation sites (tertiary alicyclic amines) is 1. The zero-order valence-corrected chi connectivity index (χ0v) is 12.0. The highest BCUT2D eigenvalue weighted by Gasteiger charge is 2.24. The van der Waals surface area contributed by atoms with Crippen molar-refractivity contribution >= 4 is 11.7 Å². The van der Waals surface area contributed by atoms with Crippen LogP contribution in [0, 0.1) is 5.92 Å². The Balaban J connectivity index is 2.04. The van der Waals surface area contributed by atoms with E-state index in [9.17, 15) is 9.90 Å². The second kappa shape index (κ2) is 7.24. The highest BCUT2D eigenvalue weighted by atomic mass is 16.3. The molecule has 0 saturated carbocycles. The Kier molecular flexibility index (Phi) is 5.35. The van der Waals surface area contributed by atoms with Gasteiger partial charge in [-0.15, -0.1) is 0 Å². The van der Waals surface area contributed by atoms with E-state index in [1.807, 2.05) is 4.90 Å². The van der Waals surface area contributed by atoms with Crippen molar-refractivity contribution in [2.45, 2.75) is 26.2 Å². The smallest absolute Gasteiger partial charge is 0.254 e. The second-order valence-electron chi connectivity index (χ2n) is 5.30. The third-order valence-electron chi connectivity index (χ3n) is 3.63. The van der Waals surface area contributed by atoms with Crippen LogP contribution in [0.15, 0.2) is 18.3 Å². The summed E-state index contributed by atoms with van der Waals surface area (Å²) in [5.74, 6) is 0.991. The number of aliphatic hydroxyl groups excluding tert-OH is 1. The lowest BCUT2D eigenvalue weighted by Gasteiger charge is -2.31. The van der Waals surface area contributed by atoms with E-state index in [0.717, 1.165) is 38.2 Å². The number of anilines is 1. The van der Waals surface area contributed by atoms with Crippen molar-refractivity contribution in [3.05, 3.63) is 23.9 Å². The van der Waals surface area contributed by atoms with Gasteiger partial charge in [0.05, 0.1) is 0 Å². The molecule has 1 aromatic heterocycles. The molecule has 1 atom stereocenters. The Morgan fingerprint density at radius 1 is 1.60 bits per heavy atom. The molecule has 110 valence electrons. The summed E-state index contributed by atoms with van der Waals surface area (Å²) in [5.41, 5.74) is 0.664. The summed E-state index contributed by atoms with van der Waals surface area (Å²) in [5, 5.41) is 12.4. The van der Waals surface area contributed by atoms with Gasteiger partial charge in [0.1, 0.15) is 5.82 Å². The first-order valence-electron chi connectivity index (χ1n) is 7.34. The van der Waals surface area contributed by atoms with E-state index >= 15 is 0 Å². The van der Waals surface area contributed by atoms with Gasteiger partial charge >= 0.3 is 0 Å². The minimum absolute atomic E-state index is 0.0325. The molecule has 1 aliphatic heterocycles. The quantitative estimate of drug-likeness (QED) is 0.860. The SMILES string of the molecule is CCCNc1cc(C(=O)N2CCCC(CO)C2)ccn1. The summed E-state index contributed by atoms with van der Waals surface area (Å²) >= 11 is 0. The molecular weight excluding hydrogens is 254 g/mol. The Labute approximate surface area is 120 Å². The van der Waals surface area contributed by atoms with E-state index in [0.29, 0.717) is 12.1 Å². The highest BCUT2D eigenvalue weighted by molar-refractivity contribution is 5.94. The van der Waals surface area contributed by atoms with Crippen molar-refractivity contribution in [2.75, 3.05) is 31.6 Å². The second-order valence-corrected chi connectivity index (χ2v) is 5.30. The molecule has 1 aromatic rings. The van der Waals surface area contributed by atoms with Crippen molar-refractivity contribution in [1.29, 1.82) is 0 Å². The molecule has 0 radical (unpaired) electrons. The predicted molar refractivity (Wildman–Crippen MR) is 78.7 cm³/mol. The van der Waals surface area contributed by atoms with Gasteiger partial charge in [-0.1, -0.05) is 6.92 Å². The van der Waals surface area contributed by atoms with Crippen molar-refractivity contribution < 1.29 is 9.90 Å². The molecule has 1 amide bonds. The Hall–Kier alpha value is -1.62. The number of carbonyl (C=O) groups excluding carboxylic acids is 1. The molecule has 0 aromatic carbocycles. The molecule has 20 heavy (non-hydrogen) atoms. The van der Waals surface area contributed by atoms with E-state index in [1.165, 1.54) is 0 Å². The van der Waals surface area contributed by atoms with Gasteiger partial charge in [-0.3, -0.25) is 4.79 Å². The van der Waals surface area contributed by atoms with Crippen molar-refractivity contribution in [3.63, 3.8) is 0 Å². The number of nitrogens with one attached hydrogen (secondary N) is 1. The fourth-order valence-corrected chi connectivity index (χ4v) is 2.49. The number of hydrogen-bond acceptors (Lipinski definition) is 4. The summed E-state index contributed by atoms with van der Waals surface area (Å²) in [6.07, 6.45) is 4.64. The molecule has 2 heterocycles. The fourth-order valence-electron chi connectivity index (χ4n) is 2.49. The Morgan fingerprint density at radius 3 is 3.20 bits per heavy atom. The first-order valence-corrected chi connectivity index (χ1v) is 7.34. The number of nitrogens with zero attached hydrogens (tertiary/aromatic N) is 2. The van der Waals surface area contributed by atoms with E-state index < -0.39 is 0 Å². The van der Waals surface area contributed by atoms with Crippen LogP contribution in [0.5, 0.6) is 0 Å². The van der Waals surface area contributed by atoms with Gasteiger partial charge in [-0.05, 0) is 37.3 Å². The van der Waals surface area contributed by atoms with Crippen molar-refractivity contribution in [1.82, 2.24) is 9.88 Å². The zero-order chi connectivity index (χ0) is 14.4. The maximum Gasteiger partial charge on any atom is 0.254 e. The summed E-state index contributed by atoms with van der Waals surface area (Å²) < 4.78 is 0. The number of aliphatic hydroxyl groups is 1. The van der Waals surface area contributed by atoms with Gasteiger partial charge < -0.3 is 15.3 Å². The monoisotopic (exact) mass is 277 g/mol. The van der Waals surface area contributed by atoms with Gasteiger partial charge in [0.25, 0.3) is 5.91 Å². The molecule has 2 N–H and O–H groups in total. The third-order valence-corrected chi connectivity index (χ3v) is 3.63. The predicted octanol–water partition coefficient (Wildman–Crippen LogP) is 1.75. The van der Waals surface area contributed by atoms with Gasteiger partial charge in [-0.25, -0.2) is 4.98 Å². The number of pyridine rings is 1. The molecule has 1 unspecified atom stereocenters. The molecule has 5 heteroatoms. The van der Waals surface area contributed by atoms with Crippen LogP contribution in [0.1, 0.15) is 36.5 Å². The normalized spacial score (nSPS) is 18.9. The Bertz CT molecular complexity index is 450. The molecule has 1 aliphatic rings. The van der Waals surface area contributed by atoms with E-state index in [-0.39, 0.29) is 18.4 Å². The molecule has 1 saturated heterocycles. The number of aromatic nitrogens is 1. The maximum atomic E-state index is 12.5. The van der Waals surface area contributed by atoms with Crippen LogP contribution < -0.4 is 5.32 Å². The largest absolute Gasteiger partial charge is 0.396 e. The molecule has 0 aliphatic carbocycles. The topological polar surface area (TPSA) is 65.5 Å². The minimum Gasteiger partial charge on any atom is -0.396 e. The van der Waals surface area contributed by atoms with Crippen LogP contribution in [0.3, 0.4) is 0 Å². The number of piperidine rings is 1. The van der Waals surface area contributed by atoms with E-state index in [1.54, 1.807) is 18.3 Å². The first kappa shape index (κ1) is 14.8. The summed E-state index contributed by atoms with van der Waals surface area (Å²) in [4.78, 5) is 18.5. The number of hydrogen-bond donors (Lipinski definition) is 2. The minimum atomic E-state index is 0.0325. The van der Waals surface area contributed by atoms with Crippen molar-refractivity contribution in [3.8, 4) is 0 Å². The number of carbonyl (C=O) groups is 1. The third kappa shape index (κ3) is 3.70. The fraction of sp³-hybridized carbons (Fsp3) is 0.600. The standard InChI is InChI=1S/C15H23N3O2/c1-2-6-16-14-9-13(5-7-17-14)15(20)18-8-3-4-12(10-18)11-19/h5,7,9,12,19H,2-4,6,8,10-11H2,1H3,(H,16,17). The first-order chi connectivity index (χ1) is 9.74. The highest BCUT2D eigenvalue weighted by Crippen LogP contribution is 2.18. The van der Waals surface area contributed by atoms with Crippen LogP contribution in [-0.2, 0) is 0 Å². The molecule has 5 nitrogen and oxygen atoms in total. The lowest BCUT2D eigenvalue weighted by molar-refractivity contribution is 0.0620. The summed E-state index contributed by atoms with van der Waals surface area (Å²) in [6, 6.07) is 3.56. The molecular formula is C15H23N3O2. The number of amides is 1. The van der Waals surface area contributed by atoms with Gasteiger partial charge in [0, 0.05) is 38.0 Å². The average molecular weight is 277 g/mol. The summed E-state index contributed by atoms with van der Waals surface area (Å²) in [7, 11) is 0. The van der Waals surface area contributed by atoms with Gasteiger partial charge in [-0.2, -0.15) is 0 Å². The van der Waals surface area contributed by atoms with Gasteiger partial charge in [0.15, 0.2) is 0 Å². The Morgan fingerprint density at radius 2 is 2.45 bits per heavy atom. The van der Waals surface area contributed by atoms with Crippen LogP contribution in [0.2, 0.25) is 0 Å². The lowest BCUT2D eigenvalue weighted by atomic mass is 9.98. The number of rotatable bonds is 5. The van der Waals surface area contributed by atoms with Crippen LogP contribution in [-0.4, -0.2) is 47.1 Å².